The van der Waals surface area contributed by atoms with E-state index in [2.05, 4.69) is 42.5 Å². The molecule has 0 atom stereocenters. The number of imidazole rings is 1. The van der Waals surface area contributed by atoms with Crippen molar-refractivity contribution >= 4 is 0 Å². The van der Waals surface area contributed by atoms with E-state index in [0.717, 1.165) is 25.3 Å². The number of rotatable bonds is 5. The highest BCUT2D eigenvalue weighted by molar-refractivity contribution is 5.42. The standard InChI is InChI=1S/C15H20N2O/c1-12-9-13(2)15(14(3)10-12)18-8-4-6-17-7-5-16-11-17/h5,7,9-11H,4,6,8H2,1-3H3. The summed E-state index contributed by atoms with van der Waals surface area (Å²) in [6.45, 7) is 8.01. The van der Waals surface area contributed by atoms with Crippen LogP contribution in [-0.2, 0) is 6.54 Å². The number of ether oxygens (including phenoxy) is 1. The largest absolute Gasteiger partial charge is 0.493 e. The second-order valence-electron chi connectivity index (χ2n) is 4.73. The van der Waals surface area contributed by atoms with Crippen LogP contribution in [0.1, 0.15) is 23.1 Å². The molecule has 0 aliphatic rings. The normalized spacial score (nSPS) is 10.6. The summed E-state index contributed by atoms with van der Waals surface area (Å²) in [5.74, 6) is 1.03. The predicted molar refractivity (Wildman–Crippen MR) is 73.0 cm³/mol. The molecule has 3 nitrogen and oxygen atoms in total. The number of benzene rings is 1. The molecule has 1 aromatic carbocycles. The van der Waals surface area contributed by atoms with Crippen molar-refractivity contribution in [3.05, 3.63) is 47.5 Å². The third-order valence-electron chi connectivity index (χ3n) is 2.97. The van der Waals surface area contributed by atoms with Crippen molar-refractivity contribution in [1.82, 2.24) is 9.55 Å². The first-order chi connectivity index (χ1) is 8.66. The van der Waals surface area contributed by atoms with Gasteiger partial charge in [0.05, 0.1) is 12.9 Å². The molecule has 0 radical (unpaired) electrons. The molecular formula is C15H20N2O. The summed E-state index contributed by atoms with van der Waals surface area (Å²) in [4.78, 5) is 4.02. The minimum atomic E-state index is 0.739. The molecule has 0 saturated heterocycles. The first-order valence-corrected chi connectivity index (χ1v) is 6.33. The maximum atomic E-state index is 5.89. The molecule has 0 N–H and O–H groups in total. The van der Waals surface area contributed by atoms with Crippen LogP contribution in [0.25, 0.3) is 0 Å². The molecule has 2 rings (SSSR count). The average molecular weight is 244 g/mol. The number of hydrogen-bond donors (Lipinski definition) is 0. The van der Waals surface area contributed by atoms with Crippen LogP contribution < -0.4 is 4.74 Å². The van der Waals surface area contributed by atoms with E-state index < -0.39 is 0 Å². The van der Waals surface area contributed by atoms with E-state index in [1.165, 1.54) is 16.7 Å². The molecule has 0 aliphatic carbocycles. The molecule has 2 aromatic rings. The van der Waals surface area contributed by atoms with Crippen LogP contribution in [-0.4, -0.2) is 16.2 Å². The van der Waals surface area contributed by atoms with Gasteiger partial charge in [0.15, 0.2) is 0 Å². The molecule has 0 aliphatic heterocycles. The third kappa shape index (κ3) is 3.13. The molecule has 1 aromatic heterocycles. The van der Waals surface area contributed by atoms with Gasteiger partial charge in [-0.05, 0) is 38.3 Å². The fraction of sp³-hybridized carbons (Fsp3) is 0.400. The summed E-state index contributed by atoms with van der Waals surface area (Å²) in [6.07, 6.45) is 6.60. The predicted octanol–water partition coefficient (Wildman–Crippen LogP) is 3.28. The van der Waals surface area contributed by atoms with Crippen molar-refractivity contribution in [1.29, 1.82) is 0 Å². The summed E-state index contributed by atoms with van der Waals surface area (Å²) >= 11 is 0. The van der Waals surface area contributed by atoms with Gasteiger partial charge in [-0.25, -0.2) is 4.98 Å². The van der Waals surface area contributed by atoms with Crippen molar-refractivity contribution in [3.8, 4) is 5.75 Å². The molecule has 0 fully saturated rings. The van der Waals surface area contributed by atoms with Crippen LogP contribution in [0.15, 0.2) is 30.9 Å². The fourth-order valence-corrected chi connectivity index (χ4v) is 2.23. The van der Waals surface area contributed by atoms with E-state index in [0.29, 0.717) is 0 Å². The number of hydrogen-bond acceptors (Lipinski definition) is 2. The Hall–Kier alpha value is -1.77. The highest BCUT2D eigenvalue weighted by Gasteiger charge is 2.04. The monoisotopic (exact) mass is 244 g/mol. The second kappa shape index (κ2) is 5.71. The van der Waals surface area contributed by atoms with Gasteiger partial charge >= 0.3 is 0 Å². The number of aromatic nitrogens is 2. The Morgan fingerprint density at radius 2 is 1.89 bits per heavy atom. The molecule has 0 bridgehead atoms. The Labute approximate surface area is 108 Å². The van der Waals surface area contributed by atoms with Crippen molar-refractivity contribution in [2.45, 2.75) is 33.7 Å². The van der Waals surface area contributed by atoms with E-state index in [4.69, 9.17) is 4.74 Å². The molecule has 0 spiro atoms. The topological polar surface area (TPSA) is 27.1 Å². The molecule has 0 saturated carbocycles. The summed E-state index contributed by atoms with van der Waals surface area (Å²) in [6, 6.07) is 4.33. The van der Waals surface area contributed by atoms with Crippen LogP contribution >= 0.6 is 0 Å². The summed E-state index contributed by atoms with van der Waals surface area (Å²) in [5.41, 5.74) is 3.72. The van der Waals surface area contributed by atoms with Crippen LogP contribution in [0.3, 0.4) is 0 Å². The Kier molecular flexibility index (Phi) is 4.03. The second-order valence-corrected chi connectivity index (χ2v) is 4.73. The summed E-state index contributed by atoms with van der Waals surface area (Å²) in [5, 5.41) is 0. The van der Waals surface area contributed by atoms with Gasteiger partial charge in [-0.2, -0.15) is 0 Å². The van der Waals surface area contributed by atoms with Gasteiger partial charge in [-0.3, -0.25) is 0 Å². The first kappa shape index (κ1) is 12.7. The van der Waals surface area contributed by atoms with Gasteiger partial charge in [0.1, 0.15) is 5.75 Å². The molecule has 3 heteroatoms. The lowest BCUT2D eigenvalue weighted by atomic mass is 10.1. The lowest BCUT2D eigenvalue weighted by Crippen LogP contribution is -2.05. The Morgan fingerprint density at radius 3 is 2.50 bits per heavy atom. The van der Waals surface area contributed by atoms with E-state index in [1.807, 2.05) is 12.5 Å². The molecule has 18 heavy (non-hydrogen) atoms. The zero-order valence-corrected chi connectivity index (χ0v) is 11.3. The van der Waals surface area contributed by atoms with Crippen LogP contribution in [0.5, 0.6) is 5.75 Å². The molecule has 1 heterocycles. The zero-order valence-electron chi connectivity index (χ0n) is 11.3. The van der Waals surface area contributed by atoms with Crippen molar-refractivity contribution < 1.29 is 4.74 Å². The summed E-state index contributed by atoms with van der Waals surface area (Å²) in [7, 11) is 0. The molecule has 0 amide bonds. The number of aryl methyl sites for hydroxylation is 4. The number of nitrogens with zero attached hydrogens (tertiary/aromatic N) is 2. The van der Waals surface area contributed by atoms with E-state index in [1.54, 1.807) is 6.20 Å². The molecule has 96 valence electrons. The minimum absolute atomic E-state index is 0.739. The van der Waals surface area contributed by atoms with Gasteiger partial charge in [0.25, 0.3) is 0 Å². The van der Waals surface area contributed by atoms with Crippen molar-refractivity contribution in [2.75, 3.05) is 6.61 Å². The van der Waals surface area contributed by atoms with Gasteiger partial charge in [0, 0.05) is 18.9 Å². The van der Waals surface area contributed by atoms with Gasteiger partial charge < -0.3 is 9.30 Å². The third-order valence-corrected chi connectivity index (χ3v) is 2.97. The van der Waals surface area contributed by atoms with E-state index in [9.17, 15) is 0 Å². The van der Waals surface area contributed by atoms with Crippen molar-refractivity contribution in [2.24, 2.45) is 0 Å². The first-order valence-electron chi connectivity index (χ1n) is 6.33. The Morgan fingerprint density at radius 1 is 1.17 bits per heavy atom. The minimum Gasteiger partial charge on any atom is -0.493 e. The SMILES string of the molecule is Cc1cc(C)c(OCCCn2ccnc2)c(C)c1. The Balaban J connectivity index is 1.87. The lowest BCUT2D eigenvalue weighted by molar-refractivity contribution is 0.298. The van der Waals surface area contributed by atoms with Gasteiger partial charge in [-0.1, -0.05) is 17.7 Å². The maximum Gasteiger partial charge on any atom is 0.125 e. The smallest absolute Gasteiger partial charge is 0.125 e. The molecule has 0 unspecified atom stereocenters. The fourth-order valence-electron chi connectivity index (χ4n) is 2.23. The van der Waals surface area contributed by atoms with Gasteiger partial charge in [0.2, 0.25) is 0 Å². The van der Waals surface area contributed by atoms with E-state index >= 15 is 0 Å². The van der Waals surface area contributed by atoms with E-state index in [-0.39, 0.29) is 0 Å². The van der Waals surface area contributed by atoms with Crippen LogP contribution in [0.4, 0.5) is 0 Å². The molecular weight excluding hydrogens is 224 g/mol. The lowest BCUT2D eigenvalue weighted by Gasteiger charge is -2.13. The van der Waals surface area contributed by atoms with Crippen LogP contribution in [0, 0.1) is 20.8 Å². The van der Waals surface area contributed by atoms with Gasteiger partial charge in [-0.15, -0.1) is 0 Å². The van der Waals surface area contributed by atoms with Crippen molar-refractivity contribution in [3.63, 3.8) is 0 Å². The summed E-state index contributed by atoms with van der Waals surface area (Å²) < 4.78 is 7.95. The van der Waals surface area contributed by atoms with Crippen LogP contribution in [0.2, 0.25) is 0 Å². The average Bonchev–Trinajstić information content (AvgIpc) is 2.79. The quantitative estimate of drug-likeness (QED) is 0.755. The highest BCUT2D eigenvalue weighted by Crippen LogP contribution is 2.24. The highest BCUT2D eigenvalue weighted by atomic mass is 16.5. The maximum absolute atomic E-state index is 5.89. The zero-order chi connectivity index (χ0) is 13.0. The Bertz CT molecular complexity index is 480.